The van der Waals surface area contributed by atoms with Crippen molar-refractivity contribution < 1.29 is 14.4 Å². The number of nitrogens with one attached hydrogen (secondary N) is 2. The van der Waals surface area contributed by atoms with E-state index in [1.807, 2.05) is 31.2 Å². The van der Waals surface area contributed by atoms with Gasteiger partial charge >= 0.3 is 6.03 Å². The summed E-state index contributed by atoms with van der Waals surface area (Å²) in [5.41, 5.74) is 1.14. The van der Waals surface area contributed by atoms with E-state index >= 15 is 0 Å². The minimum atomic E-state index is -1.16. The summed E-state index contributed by atoms with van der Waals surface area (Å²) < 4.78 is 0. The second-order valence-electron chi connectivity index (χ2n) is 6.23. The topological polar surface area (TPSA) is 78.5 Å². The van der Waals surface area contributed by atoms with Gasteiger partial charge in [-0.2, -0.15) is 0 Å². The lowest BCUT2D eigenvalue weighted by Crippen LogP contribution is -2.42. The number of carbonyl (C=O) groups excluding carboxylic acids is 3. The van der Waals surface area contributed by atoms with Crippen LogP contribution < -0.4 is 10.6 Å². The number of imide groups is 1. The average Bonchev–Trinajstić information content (AvgIpc) is 2.80. The largest absolute Gasteiger partial charge is 0.325 e. The maximum atomic E-state index is 12.7. The van der Waals surface area contributed by atoms with Crippen LogP contribution in [0.4, 0.5) is 10.5 Å². The molecule has 0 unspecified atom stereocenters. The Hall–Kier alpha value is -3.15. The third kappa shape index (κ3) is 3.24. The van der Waals surface area contributed by atoms with Gasteiger partial charge in [0.15, 0.2) is 0 Å². The molecule has 1 fully saturated rings. The molecule has 1 aliphatic rings. The van der Waals surface area contributed by atoms with Crippen LogP contribution in [0.5, 0.6) is 0 Å². The fourth-order valence-electron chi connectivity index (χ4n) is 2.87. The highest BCUT2D eigenvalue weighted by Crippen LogP contribution is 2.28. The van der Waals surface area contributed by atoms with Crippen LogP contribution >= 0.6 is 0 Å². The van der Waals surface area contributed by atoms with Crippen LogP contribution in [0.15, 0.2) is 54.6 Å². The first kappa shape index (κ1) is 16.7. The second kappa shape index (κ2) is 6.39. The lowest BCUT2D eigenvalue weighted by atomic mass is 9.92. The lowest BCUT2D eigenvalue weighted by Gasteiger charge is -2.22. The Labute approximate surface area is 145 Å². The van der Waals surface area contributed by atoms with E-state index in [1.165, 1.54) is 0 Å². The van der Waals surface area contributed by atoms with E-state index in [-0.39, 0.29) is 6.54 Å². The number of aryl methyl sites for hydroxylation is 1. The minimum absolute atomic E-state index is 0.332. The van der Waals surface area contributed by atoms with E-state index in [0.717, 1.165) is 10.5 Å². The van der Waals surface area contributed by atoms with E-state index in [2.05, 4.69) is 10.6 Å². The Kier molecular flexibility index (Phi) is 4.27. The molecule has 1 saturated heterocycles. The van der Waals surface area contributed by atoms with Gasteiger partial charge in [-0.3, -0.25) is 14.5 Å². The number of hydrogen-bond donors (Lipinski definition) is 2. The fourth-order valence-corrected chi connectivity index (χ4v) is 2.87. The summed E-state index contributed by atoms with van der Waals surface area (Å²) in [7, 11) is 0. The van der Waals surface area contributed by atoms with Crippen LogP contribution in [-0.2, 0) is 15.1 Å². The maximum absolute atomic E-state index is 12.7. The Balaban J connectivity index is 1.74. The highest BCUT2D eigenvalue weighted by Gasteiger charge is 2.49. The number of urea groups is 1. The SMILES string of the molecule is Cc1cccc(NC(=O)CN2C(=O)N[C@@](C)(c3ccccc3)C2=O)c1. The molecule has 3 rings (SSSR count). The summed E-state index contributed by atoms with van der Waals surface area (Å²) in [6, 6.07) is 15.7. The Morgan fingerprint density at radius 3 is 2.52 bits per heavy atom. The quantitative estimate of drug-likeness (QED) is 0.841. The summed E-state index contributed by atoms with van der Waals surface area (Å²) in [5, 5.41) is 5.39. The first-order chi connectivity index (χ1) is 11.9. The van der Waals surface area contributed by atoms with Gasteiger partial charge in [-0.15, -0.1) is 0 Å². The van der Waals surface area contributed by atoms with E-state index in [4.69, 9.17) is 0 Å². The third-order valence-corrected chi connectivity index (χ3v) is 4.23. The number of hydrogen-bond acceptors (Lipinski definition) is 3. The van der Waals surface area contributed by atoms with Gasteiger partial charge in [0.1, 0.15) is 12.1 Å². The number of benzene rings is 2. The molecule has 0 bridgehead atoms. The zero-order valence-corrected chi connectivity index (χ0v) is 14.1. The zero-order valence-electron chi connectivity index (χ0n) is 14.1. The molecule has 2 N–H and O–H groups in total. The summed E-state index contributed by atoms with van der Waals surface area (Å²) in [4.78, 5) is 38.1. The van der Waals surface area contributed by atoms with Crippen molar-refractivity contribution in [1.29, 1.82) is 0 Å². The Morgan fingerprint density at radius 1 is 1.12 bits per heavy atom. The number of anilines is 1. The molecule has 0 aliphatic carbocycles. The van der Waals surface area contributed by atoms with Gasteiger partial charge in [-0.05, 0) is 37.1 Å². The van der Waals surface area contributed by atoms with Gasteiger partial charge in [0.25, 0.3) is 5.91 Å². The lowest BCUT2D eigenvalue weighted by molar-refractivity contribution is -0.133. The fraction of sp³-hybridized carbons (Fsp3) is 0.211. The maximum Gasteiger partial charge on any atom is 0.325 e. The molecule has 0 aromatic heterocycles. The first-order valence-electron chi connectivity index (χ1n) is 7.96. The van der Waals surface area contributed by atoms with Crippen molar-refractivity contribution in [3.8, 4) is 0 Å². The number of nitrogens with zero attached hydrogens (tertiary/aromatic N) is 1. The minimum Gasteiger partial charge on any atom is -0.325 e. The molecule has 128 valence electrons. The normalized spacial score (nSPS) is 19.7. The van der Waals surface area contributed by atoms with Crippen LogP contribution in [0.3, 0.4) is 0 Å². The van der Waals surface area contributed by atoms with Crippen LogP contribution in [-0.4, -0.2) is 29.3 Å². The van der Waals surface area contributed by atoms with Crippen molar-refractivity contribution in [3.63, 3.8) is 0 Å². The number of rotatable bonds is 4. The molecule has 1 heterocycles. The van der Waals surface area contributed by atoms with Gasteiger partial charge < -0.3 is 10.6 Å². The van der Waals surface area contributed by atoms with Gasteiger partial charge in [0.2, 0.25) is 5.91 Å². The zero-order chi connectivity index (χ0) is 18.0. The molecule has 0 radical (unpaired) electrons. The molecule has 6 heteroatoms. The number of carbonyl (C=O) groups is 3. The van der Waals surface area contributed by atoms with Crippen molar-refractivity contribution >= 4 is 23.5 Å². The molecule has 0 spiro atoms. The molecule has 2 aromatic rings. The van der Waals surface area contributed by atoms with Crippen molar-refractivity contribution in [2.24, 2.45) is 0 Å². The van der Waals surface area contributed by atoms with Crippen molar-refractivity contribution in [1.82, 2.24) is 10.2 Å². The molecule has 1 atom stereocenters. The van der Waals surface area contributed by atoms with Crippen molar-refractivity contribution in [3.05, 3.63) is 65.7 Å². The van der Waals surface area contributed by atoms with Crippen LogP contribution in [0.2, 0.25) is 0 Å². The molecule has 4 amide bonds. The van der Waals surface area contributed by atoms with Gasteiger partial charge in [0.05, 0.1) is 0 Å². The molecule has 1 aliphatic heterocycles. The van der Waals surface area contributed by atoms with E-state index in [0.29, 0.717) is 11.3 Å². The van der Waals surface area contributed by atoms with Gasteiger partial charge in [-0.1, -0.05) is 42.5 Å². The molecule has 25 heavy (non-hydrogen) atoms. The van der Waals surface area contributed by atoms with E-state index < -0.39 is 23.4 Å². The van der Waals surface area contributed by atoms with Gasteiger partial charge in [-0.25, -0.2) is 4.79 Å². The summed E-state index contributed by atoms with van der Waals surface area (Å²) in [6.07, 6.45) is 0. The van der Waals surface area contributed by atoms with Crippen LogP contribution in [0.25, 0.3) is 0 Å². The molecule has 6 nitrogen and oxygen atoms in total. The van der Waals surface area contributed by atoms with Crippen molar-refractivity contribution in [2.75, 3.05) is 11.9 Å². The molecule has 2 aromatic carbocycles. The monoisotopic (exact) mass is 337 g/mol. The molecular weight excluding hydrogens is 318 g/mol. The third-order valence-electron chi connectivity index (χ3n) is 4.23. The molecule has 0 saturated carbocycles. The summed E-state index contributed by atoms with van der Waals surface area (Å²) in [5.74, 6) is -0.866. The highest BCUT2D eigenvalue weighted by molar-refractivity contribution is 6.10. The molecular formula is C19H19N3O3. The highest BCUT2D eigenvalue weighted by atomic mass is 16.2. The van der Waals surface area contributed by atoms with Crippen LogP contribution in [0.1, 0.15) is 18.1 Å². The number of amides is 4. The second-order valence-corrected chi connectivity index (χ2v) is 6.23. The standard InChI is InChI=1S/C19H19N3O3/c1-13-7-6-10-15(11-13)20-16(23)12-22-17(24)19(2,21-18(22)25)14-8-4-3-5-9-14/h3-11H,12H2,1-2H3,(H,20,23)(H,21,25)/t19-/m0/s1. The van der Waals surface area contributed by atoms with E-state index in [9.17, 15) is 14.4 Å². The Morgan fingerprint density at radius 2 is 1.84 bits per heavy atom. The summed E-state index contributed by atoms with van der Waals surface area (Å²) in [6.45, 7) is 3.22. The van der Waals surface area contributed by atoms with Crippen LogP contribution in [0, 0.1) is 6.92 Å². The predicted molar refractivity (Wildman–Crippen MR) is 93.8 cm³/mol. The smallest absolute Gasteiger partial charge is 0.325 e. The van der Waals surface area contributed by atoms with Gasteiger partial charge in [0, 0.05) is 5.69 Å². The average molecular weight is 337 g/mol. The van der Waals surface area contributed by atoms with E-state index in [1.54, 1.807) is 37.3 Å². The van der Waals surface area contributed by atoms with Crippen molar-refractivity contribution in [2.45, 2.75) is 19.4 Å². The first-order valence-corrected chi connectivity index (χ1v) is 7.96. The Bertz CT molecular complexity index is 835. The summed E-state index contributed by atoms with van der Waals surface area (Å²) >= 11 is 0. The predicted octanol–water partition coefficient (Wildman–Crippen LogP) is 2.40.